The Labute approximate surface area is 81.3 Å². The number of rotatable bonds is 2. The maximum atomic E-state index is 10.6. The van der Waals surface area contributed by atoms with E-state index in [1.54, 1.807) is 6.92 Å². The molecule has 1 aliphatic rings. The molecule has 14 heavy (non-hydrogen) atoms. The van der Waals surface area contributed by atoms with Crippen LogP contribution in [0.25, 0.3) is 0 Å². The topological polar surface area (TPSA) is 54.1 Å². The van der Waals surface area contributed by atoms with Crippen molar-refractivity contribution < 1.29 is 0 Å². The summed E-state index contributed by atoms with van der Waals surface area (Å²) in [5, 5.41) is 10.8. The highest BCUT2D eigenvalue weighted by atomic mass is 16.3. The van der Waals surface area contributed by atoms with Gasteiger partial charge in [-0.25, -0.2) is 0 Å². The lowest BCUT2D eigenvalue weighted by atomic mass is 10.0. The maximum Gasteiger partial charge on any atom is 0.176 e. The molecule has 70 valence electrons. The molecule has 0 saturated heterocycles. The Morgan fingerprint density at radius 3 is 2.57 bits per heavy atom. The normalized spacial score (nSPS) is 20.2. The third-order valence-corrected chi connectivity index (χ3v) is 2.15. The lowest BCUT2D eigenvalue weighted by Crippen LogP contribution is -2.22. The van der Waals surface area contributed by atoms with E-state index in [0.29, 0.717) is 11.4 Å². The first-order chi connectivity index (χ1) is 6.83. The summed E-state index contributed by atoms with van der Waals surface area (Å²) in [6, 6.07) is 8.98. The zero-order valence-electron chi connectivity index (χ0n) is 7.71. The lowest BCUT2D eigenvalue weighted by Gasteiger charge is -2.04. The van der Waals surface area contributed by atoms with E-state index in [0.717, 1.165) is 5.56 Å². The molecule has 1 aromatic rings. The summed E-state index contributed by atoms with van der Waals surface area (Å²) in [5.74, 6) is 0. The fourth-order valence-corrected chi connectivity index (χ4v) is 1.39. The smallest absolute Gasteiger partial charge is 0.157 e. The van der Waals surface area contributed by atoms with Crippen LogP contribution in [0, 0.1) is 4.91 Å². The van der Waals surface area contributed by atoms with Crippen molar-refractivity contribution in [3.05, 3.63) is 40.8 Å². The highest BCUT2D eigenvalue weighted by Gasteiger charge is 2.26. The van der Waals surface area contributed by atoms with Crippen LogP contribution in [0.3, 0.4) is 0 Å². The SMILES string of the molecule is CC1=NN=C(c2ccccc2)[C@@H]1N=O. The molecule has 1 heterocycles. The first-order valence-corrected chi connectivity index (χ1v) is 4.33. The molecule has 0 unspecified atom stereocenters. The standard InChI is InChI=1S/C10H9N3O/c1-7-9(13-14)10(12-11-7)8-5-3-2-4-6-8/h2-6,9H,1H3/t9-/m1/s1. The Bertz CT molecular complexity index is 409. The van der Waals surface area contributed by atoms with Crippen molar-refractivity contribution in [2.24, 2.45) is 15.4 Å². The fourth-order valence-electron chi connectivity index (χ4n) is 1.39. The van der Waals surface area contributed by atoms with Crippen LogP contribution in [0.1, 0.15) is 12.5 Å². The van der Waals surface area contributed by atoms with E-state index in [9.17, 15) is 4.91 Å². The van der Waals surface area contributed by atoms with Crippen molar-refractivity contribution in [1.29, 1.82) is 0 Å². The predicted octanol–water partition coefficient (Wildman–Crippen LogP) is 2.00. The molecular formula is C10H9N3O. The van der Waals surface area contributed by atoms with Gasteiger partial charge >= 0.3 is 0 Å². The second-order valence-corrected chi connectivity index (χ2v) is 3.10. The minimum Gasteiger partial charge on any atom is -0.157 e. The molecule has 0 aromatic heterocycles. The van der Waals surface area contributed by atoms with E-state index in [1.807, 2.05) is 30.3 Å². The average Bonchev–Trinajstić information content (AvgIpc) is 2.61. The molecular weight excluding hydrogens is 178 g/mol. The van der Waals surface area contributed by atoms with E-state index in [-0.39, 0.29) is 0 Å². The van der Waals surface area contributed by atoms with Crippen LogP contribution < -0.4 is 0 Å². The Kier molecular flexibility index (Phi) is 2.18. The number of nitroso groups, excluding NO2 is 1. The van der Waals surface area contributed by atoms with Crippen LogP contribution in [0.2, 0.25) is 0 Å². The first-order valence-electron chi connectivity index (χ1n) is 4.33. The van der Waals surface area contributed by atoms with Gasteiger partial charge in [-0.05, 0) is 6.92 Å². The summed E-state index contributed by atoms with van der Waals surface area (Å²) >= 11 is 0. The first kappa shape index (κ1) is 8.74. The summed E-state index contributed by atoms with van der Waals surface area (Å²) in [5.41, 5.74) is 2.19. The minimum atomic E-state index is -0.516. The molecule has 0 saturated carbocycles. The number of benzene rings is 1. The van der Waals surface area contributed by atoms with Crippen LogP contribution in [0.5, 0.6) is 0 Å². The quantitative estimate of drug-likeness (QED) is 0.653. The van der Waals surface area contributed by atoms with Crippen molar-refractivity contribution in [2.45, 2.75) is 13.0 Å². The molecule has 0 bridgehead atoms. The van der Waals surface area contributed by atoms with E-state index in [1.165, 1.54) is 0 Å². The third kappa shape index (κ3) is 1.35. The van der Waals surface area contributed by atoms with Crippen molar-refractivity contribution in [3.63, 3.8) is 0 Å². The fraction of sp³-hybridized carbons (Fsp3) is 0.200. The van der Waals surface area contributed by atoms with Gasteiger partial charge in [0.15, 0.2) is 6.04 Å². The molecule has 0 spiro atoms. The Morgan fingerprint density at radius 2 is 1.93 bits per heavy atom. The van der Waals surface area contributed by atoms with E-state index in [4.69, 9.17) is 0 Å². The van der Waals surface area contributed by atoms with Crippen LogP contribution in [-0.2, 0) is 0 Å². The summed E-state index contributed by atoms with van der Waals surface area (Å²) in [4.78, 5) is 10.6. The van der Waals surface area contributed by atoms with Crippen molar-refractivity contribution in [2.75, 3.05) is 0 Å². The zero-order chi connectivity index (χ0) is 9.97. The molecule has 4 heteroatoms. The van der Waals surface area contributed by atoms with Gasteiger partial charge in [-0.15, -0.1) is 4.91 Å². The zero-order valence-corrected chi connectivity index (χ0v) is 7.71. The van der Waals surface area contributed by atoms with Gasteiger partial charge in [0.25, 0.3) is 0 Å². The molecule has 0 aliphatic carbocycles. The highest BCUT2D eigenvalue weighted by Crippen LogP contribution is 2.14. The molecule has 1 aliphatic heterocycles. The van der Waals surface area contributed by atoms with Gasteiger partial charge in [0, 0.05) is 5.56 Å². The minimum absolute atomic E-state index is 0.516. The van der Waals surface area contributed by atoms with Crippen LogP contribution in [-0.4, -0.2) is 17.5 Å². The molecule has 4 nitrogen and oxygen atoms in total. The van der Waals surface area contributed by atoms with E-state index in [2.05, 4.69) is 15.4 Å². The third-order valence-electron chi connectivity index (χ3n) is 2.15. The van der Waals surface area contributed by atoms with Crippen LogP contribution in [0.15, 0.2) is 45.7 Å². The van der Waals surface area contributed by atoms with Crippen LogP contribution >= 0.6 is 0 Å². The Hall–Kier alpha value is -1.84. The second kappa shape index (κ2) is 3.49. The largest absolute Gasteiger partial charge is 0.176 e. The van der Waals surface area contributed by atoms with E-state index >= 15 is 0 Å². The summed E-state index contributed by atoms with van der Waals surface area (Å²) in [7, 11) is 0. The molecule has 0 radical (unpaired) electrons. The van der Waals surface area contributed by atoms with Gasteiger partial charge < -0.3 is 0 Å². The highest BCUT2D eigenvalue weighted by molar-refractivity contribution is 6.20. The molecule has 2 rings (SSSR count). The molecule has 0 fully saturated rings. The summed E-state index contributed by atoms with van der Waals surface area (Å²) in [6.07, 6.45) is 0. The summed E-state index contributed by atoms with van der Waals surface area (Å²) in [6.45, 7) is 1.76. The van der Waals surface area contributed by atoms with Crippen molar-refractivity contribution >= 4 is 11.4 Å². The van der Waals surface area contributed by atoms with Gasteiger partial charge in [0.2, 0.25) is 0 Å². The predicted molar refractivity (Wildman–Crippen MR) is 55.7 cm³/mol. The second-order valence-electron chi connectivity index (χ2n) is 3.10. The van der Waals surface area contributed by atoms with Gasteiger partial charge in [0.1, 0.15) is 5.71 Å². The Balaban J connectivity index is 2.35. The van der Waals surface area contributed by atoms with Crippen molar-refractivity contribution in [1.82, 2.24) is 0 Å². The Morgan fingerprint density at radius 1 is 1.21 bits per heavy atom. The number of hydrogen-bond acceptors (Lipinski definition) is 4. The van der Waals surface area contributed by atoms with Crippen molar-refractivity contribution in [3.8, 4) is 0 Å². The number of hydrogen-bond donors (Lipinski definition) is 0. The molecule has 1 atom stereocenters. The molecule has 0 N–H and O–H groups in total. The molecule has 1 aromatic carbocycles. The monoisotopic (exact) mass is 187 g/mol. The number of nitrogens with zero attached hydrogens (tertiary/aromatic N) is 3. The van der Waals surface area contributed by atoms with E-state index < -0.39 is 6.04 Å². The van der Waals surface area contributed by atoms with Gasteiger partial charge in [-0.3, -0.25) is 0 Å². The van der Waals surface area contributed by atoms with Gasteiger partial charge in [-0.2, -0.15) is 10.2 Å². The van der Waals surface area contributed by atoms with Gasteiger partial charge in [-0.1, -0.05) is 35.5 Å². The maximum absolute atomic E-state index is 10.6. The van der Waals surface area contributed by atoms with Crippen LogP contribution in [0.4, 0.5) is 0 Å². The average molecular weight is 187 g/mol. The summed E-state index contributed by atoms with van der Waals surface area (Å²) < 4.78 is 0. The van der Waals surface area contributed by atoms with Gasteiger partial charge in [0.05, 0.1) is 5.71 Å². The molecule has 0 amide bonds. The lowest BCUT2D eigenvalue weighted by molar-refractivity contribution is 1.13.